The van der Waals surface area contributed by atoms with Gasteiger partial charge in [-0.15, -0.1) is 0 Å². The molecule has 2 rings (SSSR count). The normalized spacial score (nSPS) is 17.1. The van der Waals surface area contributed by atoms with Crippen molar-refractivity contribution in [3.8, 4) is 0 Å². The summed E-state index contributed by atoms with van der Waals surface area (Å²) in [5.74, 6) is -1.14. The molecule has 1 saturated carbocycles. The minimum atomic E-state index is -4.58. The Labute approximate surface area is 115 Å². The van der Waals surface area contributed by atoms with Crippen molar-refractivity contribution in [2.24, 2.45) is 5.73 Å². The molecule has 0 heterocycles. The maximum absolute atomic E-state index is 13.3. The van der Waals surface area contributed by atoms with Gasteiger partial charge in [0.2, 0.25) is 5.91 Å². The minimum absolute atomic E-state index is 0.00954. The highest BCUT2D eigenvalue weighted by Gasteiger charge is 2.39. The fraction of sp³-hybridized carbons (Fsp3) is 0.500. The first-order valence-corrected chi connectivity index (χ1v) is 6.61. The van der Waals surface area contributed by atoms with E-state index in [4.69, 9.17) is 11.5 Å². The molecule has 4 N–H and O–H groups in total. The fourth-order valence-corrected chi connectivity index (χ4v) is 2.98. The third kappa shape index (κ3) is 2.73. The Morgan fingerprint density at radius 1 is 1.15 bits per heavy atom. The lowest BCUT2D eigenvalue weighted by Gasteiger charge is -2.27. The van der Waals surface area contributed by atoms with E-state index in [-0.39, 0.29) is 22.7 Å². The van der Waals surface area contributed by atoms with Crippen LogP contribution in [0.3, 0.4) is 0 Å². The highest BCUT2D eigenvalue weighted by Crippen LogP contribution is 2.44. The van der Waals surface area contributed by atoms with Crippen LogP contribution < -0.4 is 11.5 Å². The van der Waals surface area contributed by atoms with Gasteiger partial charge in [-0.25, -0.2) is 0 Å². The van der Waals surface area contributed by atoms with Gasteiger partial charge in [-0.3, -0.25) is 4.79 Å². The summed E-state index contributed by atoms with van der Waals surface area (Å²) in [6.07, 6.45) is -0.599. The van der Waals surface area contributed by atoms with E-state index in [0.717, 1.165) is 25.3 Å². The first-order valence-electron chi connectivity index (χ1n) is 6.61. The zero-order valence-corrected chi connectivity index (χ0v) is 11.0. The second-order valence-corrected chi connectivity index (χ2v) is 5.19. The van der Waals surface area contributed by atoms with Crippen LogP contribution in [-0.4, -0.2) is 5.91 Å². The Kier molecular flexibility index (Phi) is 3.92. The highest BCUT2D eigenvalue weighted by atomic mass is 19.4. The quantitative estimate of drug-likeness (QED) is 0.818. The van der Waals surface area contributed by atoms with Crippen LogP contribution in [0.4, 0.5) is 18.9 Å². The molecule has 0 saturated heterocycles. The average Bonchev–Trinajstić information content (AvgIpc) is 2.37. The zero-order valence-electron chi connectivity index (χ0n) is 11.0. The number of amides is 1. The zero-order chi connectivity index (χ0) is 14.9. The number of carbonyl (C=O) groups excluding carboxylic acids is 1. The van der Waals surface area contributed by atoms with Gasteiger partial charge in [0, 0.05) is 11.3 Å². The summed E-state index contributed by atoms with van der Waals surface area (Å²) in [6.45, 7) is 0. The number of hydrogen-bond acceptors (Lipinski definition) is 2. The Bertz CT molecular complexity index is 520. The molecule has 0 atom stereocenters. The highest BCUT2D eigenvalue weighted by molar-refractivity contribution is 5.95. The molecule has 1 aromatic rings. The first-order chi connectivity index (χ1) is 9.32. The predicted octanol–water partition coefficient (Wildman–Crippen LogP) is 3.43. The first kappa shape index (κ1) is 14.7. The van der Waals surface area contributed by atoms with Crippen molar-refractivity contribution in [2.75, 3.05) is 5.73 Å². The second kappa shape index (κ2) is 5.34. The molecule has 0 aromatic heterocycles. The standard InChI is InChI=1S/C14H17F3N2O/c15-14(16,17)12-10(18)7-6-9(13(19)20)11(12)8-4-2-1-3-5-8/h6-8H,1-5,18H2,(H2,19,20). The van der Waals surface area contributed by atoms with E-state index in [1.807, 2.05) is 0 Å². The van der Waals surface area contributed by atoms with Crippen molar-refractivity contribution in [1.82, 2.24) is 0 Å². The molecule has 1 amide bonds. The van der Waals surface area contributed by atoms with Crippen LogP contribution in [0.25, 0.3) is 0 Å². The van der Waals surface area contributed by atoms with Crippen molar-refractivity contribution < 1.29 is 18.0 Å². The van der Waals surface area contributed by atoms with Crippen LogP contribution in [0, 0.1) is 0 Å². The van der Waals surface area contributed by atoms with Crippen LogP contribution in [0.1, 0.15) is 59.5 Å². The lowest BCUT2D eigenvalue weighted by molar-refractivity contribution is -0.137. The van der Waals surface area contributed by atoms with Gasteiger partial charge in [-0.2, -0.15) is 13.2 Å². The molecule has 6 heteroatoms. The molecule has 1 fully saturated rings. The van der Waals surface area contributed by atoms with Crippen LogP contribution in [0.2, 0.25) is 0 Å². The fourth-order valence-electron chi connectivity index (χ4n) is 2.98. The number of carbonyl (C=O) groups is 1. The van der Waals surface area contributed by atoms with E-state index in [1.54, 1.807) is 0 Å². The molecule has 1 aromatic carbocycles. The Morgan fingerprint density at radius 3 is 2.25 bits per heavy atom. The summed E-state index contributed by atoms with van der Waals surface area (Å²) in [5, 5.41) is 0. The molecule has 0 aliphatic heterocycles. The third-order valence-corrected chi connectivity index (χ3v) is 3.84. The Balaban J connectivity index is 2.65. The number of halogens is 3. The molecule has 1 aliphatic rings. The number of alkyl halides is 3. The molecule has 1 aliphatic carbocycles. The number of rotatable bonds is 2. The third-order valence-electron chi connectivity index (χ3n) is 3.84. The van der Waals surface area contributed by atoms with Gasteiger partial charge < -0.3 is 11.5 Å². The van der Waals surface area contributed by atoms with Crippen LogP contribution >= 0.6 is 0 Å². The van der Waals surface area contributed by atoms with E-state index in [2.05, 4.69) is 0 Å². The molecule has 0 unspecified atom stereocenters. The maximum Gasteiger partial charge on any atom is 0.418 e. The number of primary amides is 1. The molecule has 0 bridgehead atoms. The van der Waals surface area contributed by atoms with E-state index in [0.29, 0.717) is 12.8 Å². The predicted molar refractivity (Wildman–Crippen MR) is 70.2 cm³/mol. The van der Waals surface area contributed by atoms with Crippen LogP contribution in [0.5, 0.6) is 0 Å². The lowest BCUT2D eigenvalue weighted by Crippen LogP contribution is -2.23. The molecule has 0 radical (unpaired) electrons. The van der Waals surface area contributed by atoms with E-state index in [1.165, 1.54) is 6.07 Å². The van der Waals surface area contributed by atoms with Crippen molar-refractivity contribution >= 4 is 11.6 Å². The molecule has 110 valence electrons. The van der Waals surface area contributed by atoms with Gasteiger partial charge in [-0.1, -0.05) is 19.3 Å². The van der Waals surface area contributed by atoms with E-state index < -0.39 is 17.6 Å². The molecule has 0 spiro atoms. The maximum atomic E-state index is 13.3. The van der Waals surface area contributed by atoms with Gasteiger partial charge >= 0.3 is 6.18 Å². The smallest absolute Gasteiger partial charge is 0.398 e. The summed E-state index contributed by atoms with van der Waals surface area (Å²) in [6, 6.07) is 2.41. The van der Waals surface area contributed by atoms with Gasteiger partial charge in [0.05, 0.1) is 5.56 Å². The lowest BCUT2D eigenvalue weighted by atomic mass is 9.79. The van der Waals surface area contributed by atoms with Crippen molar-refractivity contribution in [3.63, 3.8) is 0 Å². The number of nitrogens with two attached hydrogens (primary N) is 2. The number of anilines is 1. The summed E-state index contributed by atoms with van der Waals surface area (Å²) >= 11 is 0. The van der Waals surface area contributed by atoms with E-state index >= 15 is 0 Å². The van der Waals surface area contributed by atoms with Gasteiger partial charge in [-0.05, 0) is 36.5 Å². The van der Waals surface area contributed by atoms with E-state index in [9.17, 15) is 18.0 Å². The van der Waals surface area contributed by atoms with Crippen molar-refractivity contribution in [2.45, 2.75) is 44.2 Å². The summed E-state index contributed by atoms with van der Waals surface area (Å²) < 4.78 is 39.8. The monoisotopic (exact) mass is 286 g/mol. The van der Waals surface area contributed by atoms with Gasteiger partial charge in [0.25, 0.3) is 0 Å². The van der Waals surface area contributed by atoms with Crippen LogP contribution in [-0.2, 0) is 6.18 Å². The minimum Gasteiger partial charge on any atom is -0.398 e. The molecule has 3 nitrogen and oxygen atoms in total. The summed E-state index contributed by atoms with van der Waals surface area (Å²) in [7, 11) is 0. The molecular weight excluding hydrogens is 269 g/mol. The number of benzene rings is 1. The SMILES string of the molecule is NC(=O)c1ccc(N)c(C(F)(F)F)c1C1CCCCC1. The topological polar surface area (TPSA) is 69.1 Å². The number of hydrogen-bond donors (Lipinski definition) is 2. The summed E-state index contributed by atoms with van der Waals surface area (Å²) in [4.78, 5) is 11.5. The largest absolute Gasteiger partial charge is 0.418 e. The van der Waals surface area contributed by atoms with Crippen molar-refractivity contribution in [1.29, 1.82) is 0 Å². The number of nitrogen functional groups attached to an aromatic ring is 1. The Hall–Kier alpha value is -1.72. The van der Waals surface area contributed by atoms with Gasteiger partial charge in [0.15, 0.2) is 0 Å². The Morgan fingerprint density at radius 2 is 1.75 bits per heavy atom. The average molecular weight is 286 g/mol. The van der Waals surface area contributed by atoms with Gasteiger partial charge in [0.1, 0.15) is 0 Å². The summed E-state index contributed by atoms with van der Waals surface area (Å²) in [5.41, 5.74) is 9.45. The molecule has 20 heavy (non-hydrogen) atoms. The second-order valence-electron chi connectivity index (χ2n) is 5.19. The van der Waals surface area contributed by atoms with Crippen LogP contribution in [0.15, 0.2) is 12.1 Å². The van der Waals surface area contributed by atoms with Crippen molar-refractivity contribution in [3.05, 3.63) is 28.8 Å². The molecular formula is C14H17F3N2O.